The van der Waals surface area contributed by atoms with Gasteiger partial charge < -0.3 is 4.57 Å². The van der Waals surface area contributed by atoms with Crippen LogP contribution in [0, 0.1) is 12.8 Å². The van der Waals surface area contributed by atoms with Crippen LogP contribution < -0.4 is 5.56 Å². The van der Waals surface area contributed by atoms with Gasteiger partial charge in [0, 0.05) is 18.7 Å². The Kier molecular flexibility index (Phi) is 8.98. The molecule has 0 saturated carbocycles. The van der Waals surface area contributed by atoms with Crippen LogP contribution in [-0.4, -0.2) is 9.55 Å². The van der Waals surface area contributed by atoms with E-state index in [1.807, 2.05) is 17.6 Å². The van der Waals surface area contributed by atoms with Gasteiger partial charge in [-0.2, -0.15) is 18.2 Å². The zero-order valence-corrected chi connectivity index (χ0v) is 19.9. The number of aryl methyl sites for hydroxylation is 1. The highest BCUT2D eigenvalue weighted by atomic mass is 35.5. The standard InChI is InChI=1S/C24H26ClF3N2OS/c1-6-13-30-16(4)22(18-9-8-10-19(14-18)24(26,27)28)23(31)29-21(30)12-11-15(3)20(7-2)32-17(5)25/h6-10,14-15H,1,5,11-13H2,2-4H3/b20-7-. The number of halogens is 4. The average molecular weight is 483 g/mol. The lowest BCUT2D eigenvalue weighted by Gasteiger charge is -2.20. The molecule has 0 bridgehead atoms. The predicted octanol–water partition coefficient (Wildman–Crippen LogP) is 7.34. The Balaban J connectivity index is 2.46. The van der Waals surface area contributed by atoms with E-state index in [9.17, 15) is 18.0 Å². The largest absolute Gasteiger partial charge is 0.416 e. The van der Waals surface area contributed by atoms with E-state index in [1.54, 1.807) is 13.0 Å². The lowest BCUT2D eigenvalue weighted by atomic mass is 10.0. The molecule has 172 valence electrons. The summed E-state index contributed by atoms with van der Waals surface area (Å²) in [5, 5.41) is 0. The van der Waals surface area contributed by atoms with Gasteiger partial charge in [0.05, 0.1) is 15.5 Å². The molecule has 1 aromatic heterocycles. The van der Waals surface area contributed by atoms with Crippen molar-refractivity contribution in [3.63, 3.8) is 0 Å². The summed E-state index contributed by atoms with van der Waals surface area (Å²) in [6.45, 7) is 13.6. The summed E-state index contributed by atoms with van der Waals surface area (Å²) in [5.41, 5.74) is -0.431. The lowest BCUT2D eigenvalue weighted by Crippen LogP contribution is -2.23. The van der Waals surface area contributed by atoms with Crippen molar-refractivity contribution in [1.29, 1.82) is 0 Å². The minimum absolute atomic E-state index is 0.165. The Morgan fingerprint density at radius 3 is 2.62 bits per heavy atom. The maximum absolute atomic E-state index is 13.2. The maximum atomic E-state index is 13.2. The smallest absolute Gasteiger partial charge is 0.329 e. The molecule has 0 aliphatic carbocycles. The highest BCUT2D eigenvalue weighted by molar-refractivity contribution is 8.08. The molecule has 0 spiro atoms. The van der Waals surface area contributed by atoms with Crippen LogP contribution >= 0.6 is 23.4 Å². The zero-order chi connectivity index (χ0) is 24.1. The van der Waals surface area contributed by atoms with Crippen molar-refractivity contribution < 1.29 is 13.2 Å². The van der Waals surface area contributed by atoms with Crippen LogP contribution in [0.5, 0.6) is 0 Å². The Morgan fingerprint density at radius 2 is 2.06 bits per heavy atom. The number of hydrogen-bond acceptors (Lipinski definition) is 3. The molecular formula is C24H26ClF3N2OS. The van der Waals surface area contributed by atoms with Crippen LogP contribution in [0.4, 0.5) is 13.2 Å². The quantitative estimate of drug-likeness (QED) is 0.351. The fraction of sp³-hybridized carbons (Fsp3) is 0.333. The highest BCUT2D eigenvalue weighted by Gasteiger charge is 2.31. The summed E-state index contributed by atoms with van der Waals surface area (Å²) >= 11 is 7.33. The van der Waals surface area contributed by atoms with Gasteiger partial charge in [0.1, 0.15) is 5.82 Å². The van der Waals surface area contributed by atoms with Crippen LogP contribution in [0.2, 0.25) is 0 Å². The van der Waals surface area contributed by atoms with Gasteiger partial charge in [0.25, 0.3) is 5.56 Å². The first-order valence-electron chi connectivity index (χ1n) is 10.1. The minimum atomic E-state index is -4.50. The van der Waals surface area contributed by atoms with E-state index in [0.29, 0.717) is 35.3 Å². The van der Waals surface area contributed by atoms with Gasteiger partial charge in [-0.05, 0) is 48.8 Å². The summed E-state index contributed by atoms with van der Waals surface area (Å²) < 4.78 is 41.8. The fourth-order valence-corrected chi connectivity index (χ4v) is 4.48. The molecular weight excluding hydrogens is 457 g/mol. The van der Waals surface area contributed by atoms with Crippen molar-refractivity contribution in [2.75, 3.05) is 0 Å². The number of hydrogen-bond donors (Lipinski definition) is 0. The first-order chi connectivity index (χ1) is 15.0. The second-order valence-electron chi connectivity index (χ2n) is 7.36. The van der Waals surface area contributed by atoms with Gasteiger partial charge >= 0.3 is 6.18 Å². The molecule has 1 aromatic carbocycles. The Morgan fingerprint density at radius 1 is 1.38 bits per heavy atom. The van der Waals surface area contributed by atoms with Crippen LogP contribution in [0.1, 0.15) is 37.4 Å². The second kappa shape index (κ2) is 11.1. The fourth-order valence-electron chi connectivity index (χ4n) is 3.52. The number of aromatic nitrogens is 2. The first-order valence-corrected chi connectivity index (χ1v) is 11.3. The predicted molar refractivity (Wildman–Crippen MR) is 128 cm³/mol. The van der Waals surface area contributed by atoms with Gasteiger partial charge in [-0.1, -0.05) is 61.2 Å². The summed E-state index contributed by atoms with van der Waals surface area (Å²) in [7, 11) is 0. The summed E-state index contributed by atoms with van der Waals surface area (Å²) in [4.78, 5) is 18.2. The third-order valence-electron chi connectivity index (χ3n) is 5.11. The van der Waals surface area contributed by atoms with Crippen molar-refractivity contribution in [3.05, 3.63) is 86.3 Å². The first kappa shape index (κ1) is 26.0. The summed E-state index contributed by atoms with van der Waals surface area (Å²) in [6.07, 6.45) is 0.385. The minimum Gasteiger partial charge on any atom is -0.329 e. The van der Waals surface area contributed by atoms with E-state index in [2.05, 4.69) is 25.1 Å². The van der Waals surface area contributed by atoms with Crippen molar-refractivity contribution in [2.24, 2.45) is 5.92 Å². The van der Waals surface area contributed by atoms with Gasteiger partial charge in [-0.25, -0.2) is 0 Å². The van der Waals surface area contributed by atoms with Gasteiger partial charge in [-0.3, -0.25) is 4.79 Å². The van der Waals surface area contributed by atoms with E-state index in [-0.39, 0.29) is 17.0 Å². The molecule has 0 aliphatic rings. The van der Waals surface area contributed by atoms with E-state index in [1.165, 1.54) is 23.9 Å². The van der Waals surface area contributed by atoms with Crippen LogP contribution in [0.3, 0.4) is 0 Å². The molecule has 32 heavy (non-hydrogen) atoms. The summed E-state index contributed by atoms with van der Waals surface area (Å²) in [5.74, 6) is 0.734. The van der Waals surface area contributed by atoms with Crippen LogP contribution in [0.15, 0.2) is 63.6 Å². The topological polar surface area (TPSA) is 34.9 Å². The van der Waals surface area contributed by atoms with E-state index in [0.717, 1.165) is 17.0 Å². The monoisotopic (exact) mass is 482 g/mol. The molecule has 0 saturated heterocycles. The molecule has 0 aliphatic heterocycles. The Bertz CT molecular complexity index is 1090. The number of allylic oxidation sites excluding steroid dienone is 3. The number of rotatable bonds is 9. The number of benzene rings is 1. The van der Waals surface area contributed by atoms with Gasteiger partial charge in [0.15, 0.2) is 0 Å². The molecule has 2 rings (SSSR count). The van der Waals surface area contributed by atoms with Crippen LogP contribution in [-0.2, 0) is 19.1 Å². The Labute approximate surface area is 195 Å². The maximum Gasteiger partial charge on any atom is 0.416 e. The molecule has 3 nitrogen and oxygen atoms in total. The highest BCUT2D eigenvalue weighted by Crippen LogP contribution is 2.35. The lowest BCUT2D eigenvalue weighted by molar-refractivity contribution is -0.137. The molecule has 1 unspecified atom stereocenters. The SMILES string of the molecule is C=CCn1c(CCC(C)/C(=C/C)SC(=C)Cl)nc(=O)c(-c2cccc(C(F)(F)F)c2)c1C. The molecule has 8 heteroatoms. The molecule has 2 aromatic rings. The number of alkyl halides is 3. The van der Waals surface area contributed by atoms with Gasteiger partial charge in [-0.15, -0.1) is 6.58 Å². The molecule has 1 heterocycles. The average Bonchev–Trinajstić information content (AvgIpc) is 2.72. The summed E-state index contributed by atoms with van der Waals surface area (Å²) in [6, 6.07) is 4.76. The molecule has 0 amide bonds. The molecule has 0 N–H and O–H groups in total. The van der Waals surface area contributed by atoms with Crippen molar-refractivity contribution in [2.45, 2.75) is 46.3 Å². The molecule has 0 fully saturated rings. The van der Waals surface area contributed by atoms with Crippen LogP contribution in [0.25, 0.3) is 11.1 Å². The van der Waals surface area contributed by atoms with Crippen molar-refractivity contribution in [3.8, 4) is 11.1 Å². The van der Waals surface area contributed by atoms with E-state index < -0.39 is 17.3 Å². The van der Waals surface area contributed by atoms with E-state index in [4.69, 9.17) is 11.6 Å². The Hall–Kier alpha value is -2.25. The van der Waals surface area contributed by atoms with E-state index >= 15 is 0 Å². The number of thioether (sulfide) groups is 1. The molecule has 0 radical (unpaired) electrons. The van der Waals surface area contributed by atoms with Crippen molar-refractivity contribution >= 4 is 23.4 Å². The number of nitrogens with zero attached hydrogens (tertiary/aromatic N) is 2. The third-order valence-corrected chi connectivity index (χ3v) is 6.44. The third kappa shape index (κ3) is 6.39. The zero-order valence-electron chi connectivity index (χ0n) is 18.3. The second-order valence-corrected chi connectivity index (χ2v) is 9.21. The van der Waals surface area contributed by atoms with Crippen molar-refractivity contribution in [1.82, 2.24) is 9.55 Å². The normalized spacial score (nSPS) is 13.2. The molecule has 1 atom stereocenters. The van der Waals surface area contributed by atoms with Gasteiger partial charge in [0.2, 0.25) is 0 Å².